The number of hydrogen-bond donors (Lipinski definition) is 2. The van der Waals surface area contributed by atoms with E-state index < -0.39 is 21.7 Å². The molecule has 0 unspecified atom stereocenters. The van der Waals surface area contributed by atoms with Crippen LogP contribution in [0.5, 0.6) is 0 Å². The molecule has 1 fully saturated rings. The first-order valence-corrected chi connectivity index (χ1v) is 8.90. The Morgan fingerprint density at radius 3 is 2.57 bits per heavy atom. The molecule has 1 saturated carbocycles. The number of carbonyl (C=O) groups is 1. The first-order valence-electron chi connectivity index (χ1n) is 6.87. The lowest BCUT2D eigenvalue weighted by Gasteiger charge is -2.21. The standard InChI is InChI=1S/C14H19ClN2O3S/c1-16-21(19,20)9-14(18)17-13-4-2-3-12(13)10-5-7-11(15)8-6-10/h5-8,12-13,16H,2-4,9H2,1H3,(H,17,18)/t12-,13-/m0/s1. The van der Waals surface area contributed by atoms with Crippen LogP contribution in [-0.4, -0.2) is 33.2 Å². The predicted octanol–water partition coefficient (Wildman–Crippen LogP) is 1.64. The minimum absolute atomic E-state index is 0.0225. The van der Waals surface area contributed by atoms with Gasteiger partial charge in [-0.1, -0.05) is 30.2 Å². The summed E-state index contributed by atoms with van der Waals surface area (Å²) in [6, 6.07) is 7.56. The van der Waals surface area contributed by atoms with Crippen LogP contribution in [0.4, 0.5) is 0 Å². The summed E-state index contributed by atoms with van der Waals surface area (Å²) in [5.74, 6) is -0.786. The fraction of sp³-hybridized carbons (Fsp3) is 0.500. The topological polar surface area (TPSA) is 75.3 Å². The number of carbonyl (C=O) groups excluding carboxylic acids is 1. The highest BCUT2D eigenvalue weighted by molar-refractivity contribution is 7.90. The molecule has 1 amide bonds. The van der Waals surface area contributed by atoms with Gasteiger partial charge in [0.1, 0.15) is 5.75 Å². The maximum Gasteiger partial charge on any atom is 0.236 e. The van der Waals surface area contributed by atoms with Crippen LogP contribution in [0.1, 0.15) is 30.7 Å². The number of nitrogens with one attached hydrogen (secondary N) is 2. The minimum atomic E-state index is -3.53. The Bertz CT molecular complexity index is 601. The van der Waals surface area contributed by atoms with Crippen LogP contribution in [0.2, 0.25) is 5.02 Å². The van der Waals surface area contributed by atoms with Gasteiger partial charge in [-0.2, -0.15) is 0 Å². The normalized spacial score (nSPS) is 22.2. The van der Waals surface area contributed by atoms with E-state index in [0.717, 1.165) is 24.8 Å². The van der Waals surface area contributed by atoms with Crippen molar-refractivity contribution in [1.82, 2.24) is 10.0 Å². The lowest BCUT2D eigenvalue weighted by Crippen LogP contribution is -2.41. The summed E-state index contributed by atoms with van der Waals surface area (Å²) in [6.07, 6.45) is 2.85. The first kappa shape index (κ1) is 16.3. The molecule has 21 heavy (non-hydrogen) atoms. The van der Waals surface area contributed by atoms with E-state index in [1.807, 2.05) is 24.3 Å². The average molecular weight is 331 g/mol. The van der Waals surface area contributed by atoms with Gasteiger partial charge in [0.15, 0.2) is 0 Å². The van der Waals surface area contributed by atoms with E-state index in [-0.39, 0.29) is 12.0 Å². The van der Waals surface area contributed by atoms with Gasteiger partial charge in [-0.25, -0.2) is 13.1 Å². The van der Waals surface area contributed by atoms with Crippen molar-refractivity contribution >= 4 is 27.5 Å². The molecule has 1 aliphatic carbocycles. The van der Waals surface area contributed by atoms with Crippen molar-refractivity contribution in [1.29, 1.82) is 0 Å². The van der Waals surface area contributed by atoms with E-state index in [0.29, 0.717) is 5.02 Å². The van der Waals surface area contributed by atoms with Gasteiger partial charge in [0.05, 0.1) is 0 Å². The third kappa shape index (κ3) is 4.43. The van der Waals surface area contributed by atoms with Crippen LogP contribution in [0.3, 0.4) is 0 Å². The molecule has 0 aromatic heterocycles. The maximum absolute atomic E-state index is 11.9. The van der Waals surface area contributed by atoms with Gasteiger partial charge < -0.3 is 5.32 Å². The number of halogens is 1. The zero-order valence-corrected chi connectivity index (χ0v) is 13.4. The lowest BCUT2D eigenvalue weighted by molar-refractivity contribution is -0.119. The molecule has 2 atom stereocenters. The Morgan fingerprint density at radius 2 is 1.95 bits per heavy atom. The first-order chi connectivity index (χ1) is 9.91. The second-order valence-corrected chi connectivity index (χ2v) is 7.59. The summed E-state index contributed by atoms with van der Waals surface area (Å²) in [4.78, 5) is 11.9. The number of amides is 1. The minimum Gasteiger partial charge on any atom is -0.352 e. The maximum atomic E-state index is 11.9. The largest absolute Gasteiger partial charge is 0.352 e. The number of hydrogen-bond acceptors (Lipinski definition) is 3. The molecule has 0 bridgehead atoms. The Balaban J connectivity index is 2.02. The molecule has 2 rings (SSSR count). The van der Waals surface area contributed by atoms with Crippen molar-refractivity contribution in [2.24, 2.45) is 0 Å². The van der Waals surface area contributed by atoms with Crippen molar-refractivity contribution in [3.05, 3.63) is 34.9 Å². The zero-order chi connectivity index (χ0) is 15.5. The molecule has 0 spiro atoms. The number of rotatable bonds is 5. The van der Waals surface area contributed by atoms with Crippen molar-refractivity contribution in [2.45, 2.75) is 31.2 Å². The summed E-state index contributed by atoms with van der Waals surface area (Å²) in [5, 5.41) is 3.52. The van der Waals surface area contributed by atoms with Crippen molar-refractivity contribution in [3.8, 4) is 0 Å². The van der Waals surface area contributed by atoms with E-state index in [4.69, 9.17) is 11.6 Å². The molecule has 0 heterocycles. The molecule has 5 nitrogen and oxygen atoms in total. The predicted molar refractivity (Wildman–Crippen MR) is 82.8 cm³/mol. The van der Waals surface area contributed by atoms with Crippen LogP contribution >= 0.6 is 11.6 Å². The van der Waals surface area contributed by atoms with Crippen LogP contribution in [0.25, 0.3) is 0 Å². The summed E-state index contributed by atoms with van der Waals surface area (Å²) < 4.78 is 24.9. The molecule has 0 radical (unpaired) electrons. The van der Waals surface area contributed by atoms with E-state index in [2.05, 4.69) is 10.0 Å². The van der Waals surface area contributed by atoms with Crippen molar-refractivity contribution < 1.29 is 13.2 Å². The monoisotopic (exact) mass is 330 g/mol. The van der Waals surface area contributed by atoms with Gasteiger partial charge in [0, 0.05) is 17.0 Å². The average Bonchev–Trinajstić information content (AvgIpc) is 2.87. The van der Waals surface area contributed by atoms with Gasteiger partial charge in [0.2, 0.25) is 15.9 Å². The van der Waals surface area contributed by atoms with Gasteiger partial charge in [-0.3, -0.25) is 4.79 Å². The molecule has 0 saturated heterocycles. The van der Waals surface area contributed by atoms with Crippen LogP contribution in [-0.2, 0) is 14.8 Å². The quantitative estimate of drug-likeness (QED) is 0.861. The van der Waals surface area contributed by atoms with Crippen molar-refractivity contribution in [3.63, 3.8) is 0 Å². The van der Waals surface area contributed by atoms with Gasteiger partial charge in [-0.15, -0.1) is 0 Å². The molecule has 0 aliphatic heterocycles. The third-order valence-corrected chi connectivity index (χ3v) is 5.31. The number of sulfonamides is 1. The summed E-state index contributed by atoms with van der Waals surface area (Å²) >= 11 is 5.88. The molecule has 2 N–H and O–H groups in total. The third-order valence-electron chi connectivity index (χ3n) is 3.79. The molecule has 116 valence electrons. The highest BCUT2D eigenvalue weighted by atomic mass is 35.5. The second-order valence-electron chi connectivity index (χ2n) is 5.23. The fourth-order valence-corrected chi connectivity index (χ4v) is 3.43. The molecule has 7 heteroatoms. The Labute approximate surface area is 130 Å². The Morgan fingerprint density at radius 1 is 1.29 bits per heavy atom. The Hall–Kier alpha value is -1.11. The molecule has 1 aromatic rings. The number of benzene rings is 1. The van der Waals surface area contributed by atoms with Crippen LogP contribution < -0.4 is 10.0 Å². The summed E-state index contributed by atoms with van der Waals surface area (Å²) in [5.41, 5.74) is 1.12. The smallest absolute Gasteiger partial charge is 0.236 e. The van der Waals surface area contributed by atoms with E-state index >= 15 is 0 Å². The van der Waals surface area contributed by atoms with Gasteiger partial charge >= 0.3 is 0 Å². The Kier molecular flexibility index (Phi) is 5.24. The van der Waals surface area contributed by atoms with Gasteiger partial charge in [-0.05, 0) is 37.6 Å². The lowest BCUT2D eigenvalue weighted by atomic mass is 9.94. The van der Waals surface area contributed by atoms with Crippen LogP contribution in [0.15, 0.2) is 24.3 Å². The zero-order valence-electron chi connectivity index (χ0n) is 11.8. The van der Waals surface area contributed by atoms with E-state index in [1.165, 1.54) is 7.05 Å². The van der Waals surface area contributed by atoms with Crippen LogP contribution in [0, 0.1) is 0 Å². The summed E-state index contributed by atoms with van der Waals surface area (Å²) in [6.45, 7) is 0. The highest BCUT2D eigenvalue weighted by Gasteiger charge is 2.30. The highest BCUT2D eigenvalue weighted by Crippen LogP contribution is 2.35. The van der Waals surface area contributed by atoms with E-state index in [1.54, 1.807) is 0 Å². The summed E-state index contributed by atoms with van der Waals surface area (Å²) in [7, 11) is -2.23. The van der Waals surface area contributed by atoms with Gasteiger partial charge in [0.25, 0.3) is 0 Å². The SMILES string of the molecule is CNS(=O)(=O)CC(=O)N[C@H]1CCC[C@H]1c1ccc(Cl)cc1. The second kappa shape index (κ2) is 6.77. The molecule has 1 aromatic carbocycles. The fourth-order valence-electron chi connectivity index (χ4n) is 2.73. The van der Waals surface area contributed by atoms with Crippen molar-refractivity contribution in [2.75, 3.05) is 12.8 Å². The molecular weight excluding hydrogens is 312 g/mol. The van der Waals surface area contributed by atoms with E-state index in [9.17, 15) is 13.2 Å². The molecule has 1 aliphatic rings. The molecular formula is C14H19ClN2O3S.